The zero-order chi connectivity index (χ0) is 22.0. The lowest BCUT2D eigenvalue weighted by molar-refractivity contribution is -0.124. The van der Waals surface area contributed by atoms with Gasteiger partial charge in [0.25, 0.3) is 0 Å². The van der Waals surface area contributed by atoms with Crippen LogP contribution in [0.15, 0.2) is 60.7 Å². The van der Waals surface area contributed by atoms with Gasteiger partial charge in [-0.3, -0.25) is 14.4 Å². The van der Waals surface area contributed by atoms with Crippen molar-refractivity contribution in [3.63, 3.8) is 0 Å². The molecule has 2 aromatic rings. The molecule has 1 aliphatic heterocycles. The molecule has 162 valence electrons. The minimum Gasteiger partial charge on any atom is -0.497 e. The number of amides is 2. The van der Waals surface area contributed by atoms with Crippen molar-refractivity contribution >= 4 is 23.3 Å². The van der Waals surface area contributed by atoms with E-state index >= 15 is 0 Å². The molecule has 0 unspecified atom stereocenters. The van der Waals surface area contributed by atoms with Crippen LogP contribution in [0, 0.1) is 35.5 Å². The van der Waals surface area contributed by atoms with Crippen molar-refractivity contribution in [2.24, 2.45) is 35.5 Å². The molecule has 0 radical (unpaired) electrons. The Morgan fingerprint density at radius 2 is 1.59 bits per heavy atom. The highest BCUT2D eigenvalue weighted by molar-refractivity contribution is 6.22. The van der Waals surface area contributed by atoms with Gasteiger partial charge in [0.1, 0.15) is 11.5 Å². The molecule has 7 rings (SSSR count). The number of rotatable bonds is 6. The molecular formula is C26H23NO5. The van der Waals surface area contributed by atoms with Gasteiger partial charge in [-0.05, 0) is 54.4 Å². The van der Waals surface area contributed by atoms with Gasteiger partial charge in [0, 0.05) is 11.6 Å². The number of carbonyl (C=O) groups is 3. The first-order valence-corrected chi connectivity index (χ1v) is 11.0. The number of methoxy groups -OCH3 is 1. The van der Waals surface area contributed by atoms with Gasteiger partial charge < -0.3 is 9.47 Å². The summed E-state index contributed by atoms with van der Waals surface area (Å²) in [5, 5.41) is 0. The average Bonchev–Trinajstić information content (AvgIpc) is 3.61. The fourth-order valence-corrected chi connectivity index (χ4v) is 5.95. The largest absolute Gasteiger partial charge is 0.497 e. The monoisotopic (exact) mass is 429 g/mol. The summed E-state index contributed by atoms with van der Waals surface area (Å²) in [7, 11) is 1.55. The normalized spacial score (nSPS) is 31.3. The number of hydrogen-bond acceptors (Lipinski definition) is 5. The number of nitrogens with zero attached hydrogens (tertiary/aromatic N) is 1. The molecule has 6 heteroatoms. The van der Waals surface area contributed by atoms with Crippen molar-refractivity contribution in [1.82, 2.24) is 0 Å². The van der Waals surface area contributed by atoms with Crippen molar-refractivity contribution in [2.45, 2.75) is 6.42 Å². The van der Waals surface area contributed by atoms with Gasteiger partial charge in [0.2, 0.25) is 11.8 Å². The molecule has 2 bridgehead atoms. The van der Waals surface area contributed by atoms with E-state index in [0.717, 1.165) is 6.42 Å². The molecule has 0 aromatic heterocycles. The van der Waals surface area contributed by atoms with E-state index in [9.17, 15) is 14.4 Å². The zero-order valence-electron chi connectivity index (χ0n) is 17.6. The van der Waals surface area contributed by atoms with Crippen molar-refractivity contribution in [3.05, 3.63) is 66.2 Å². The Morgan fingerprint density at radius 3 is 2.28 bits per heavy atom. The quantitative estimate of drug-likeness (QED) is 0.399. The lowest BCUT2D eigenvalue weighted by atomic mass is 9.63. The Balaban J connectivity index is 1.20. The molecular weight excluding hydrogens is 406 g/mol. The minimum atomic E-state index is -0.236. The molecule has 1 heterocycles. The minimum absolute atomic E-state index is 0.102. The lowest BCUT2D eigenvalue weighted by Gasteiger charge is -2.37. The fourth-order valence-electron chi connectivity index (χ4n) is 5.95. The van der Waals surface area contributed by atoms with Gasteiger partial charge in [-0.1, -0.05) is 30.4 Å². The van der Waals surface area contributed by atoms with Gasteiger partial charge in [-0.2, -0.15) is 0 Å². The van der Waals surface area contributed by atoms with Crippen LogP contribution in [-0.4, -0.2) is 31.3 Å². The third kappa shape index (κ3) is 2.82. The number of anilines is 1. The van der Waals surface area contributed by atoms with E-state index in [1.165, 1.54) is 4.90 Å². The topological polar surface area (TPSA) is 72.9 Å². The van der Waals surface area contributed by atoms with Crippen LogP contribution in [0.3, 0.4) is 0 Å². The molecule has 1 saturated heterocycles. The van der Waals surface area contributed by atoms with E-state index in [1.54, 1.807) is 55.6 Å². The third-order valence-electron chi connectivity index (χ3n) is 7.50. The molecule has 2 amide bonds. The second-order valence-electron chi connectivity index (χ2n) is 9.11. The van der Waals surface area contributed by atoms with Crippen molar-refractivity contribution in [1.29, 1.82) is 0 Å². The first kappa shape index (κ1) is 19.3. The maximum Gasteiger partial charge on any atom is 0.238 e. The maximum absolute atomic E-state index is 13.3. The van der Waals surface area contributed by atoms with Gasteiger partial charge in [0.05, 0.1) is 24.6 Å². The number of benzene rings is 2. The van der Waals surface area contributed by atoms with Crippen molar-refractivity contribution in [3.8, 4) is 11.5 Å². The number of carbonyl (C=O) groups excluding carboxylic acids is 3. The molecule has 2 aromatic carbocycles. The highest BCUT2D eigenvalue weighted by Gasteiger charge is 2.67. The Kier molecular flexibility index (Phi) is 4.25. The summed E-state index contributed by atoms with van der Waals surface area (Å²) in [5.74, 6) is 1.71. The predicted molar refractivity (Wildman–Crippen MR) is 116 cm³/mol. The maximum atomic E-state index is 13.3. The molecule has 2 saturated carbocycles. The van der Waals surface area contributed by atoms with E-state index in [4.69, 9.17) is 9.47 Å². The Morgan fingerprint density at radius 1 is 0.938 bits per heavy atom. The molecule has 32 heavy (non-hydrogen) atoms. The van der Waals surface area contributed by atoms with Crippen LogP contribution in [0.25, 0.3) is 0 Å². The zero-order valence-corrected chi connectivity index (χ0v) is 17.6. The van der Waals surface area contributed by atoms with E-state index in [0.29, 0.717) is 34.6 Å². The molecule has 0 spiro atoms. The molecule has 3 fully saturated rings. The summed E-state index contributed by atoms with van der Waals surface area (Å²) in [5.41, 5.74) is 1.00. The summed E-state index contributed by atoms with van der Waals surface area (Å²) in [6, 6.07) is 13.8. The molecule has 4 aliphatic carbocycles. The Labute approximate surface area is 185 Å². The number of hydrogen-bond donors (Lipinski definition) is 0. The highest BCUT2D eigenvalue weighted by atomic mass is 16.5. The number of Topliss-reactive ketones (excluding diaryl/α,β-unsaturated/α-hetero) is 1. The van der Waals surface area contributed by atoms with Crippen LogP contribution < -0.4 is 14.4 Å². The number of imide groups is 1. The van der Waals surface area contributed by atoms with Crippen LogP contribution in [0.2, 0.25) is 0 Å². The van der Waals surface area contributed by atoms with E-state index in [2.05, 4.69) is 12.2 Å². The molecule has 5 aliphatic rings. The van der Waals surface area contributed by atoms with Crippen molar-refractivity contribution < 1.29 is 23.9 Å². The SMILES string of the molecule is COc1cccc(C(=O)COc2cccc(N3C(=O)[C@@H]4[C@@H]5C=C[C@H]([C@H]6C[C@H]56)[C@H]4C3=O)c2)c1. The third-order valence-corrected chi connectivity index (χ3v) is 7.50. The Hall–Kier alpha value is -3.41. The number of allylic oxidation sites excluding steroid dienone is 2. The van der Waals surface area contributed by atoms with E-state index in [-0.39, 0.29) is 47.9 Å². The van der Waals surface area contributed by atoms with Gasteiger partial charge in [0.15, 0.2) is 12.4 Å². The summed E-state index contributed by atoms with van der Waals surface area (Å²) in [4.78, 5) is 40.4. The lowest BCUT2D eigenvalue weighted by Crippen LogP contribution is -2.40. The number of ether oxygens (including phenoxy) is 2. The van der Waals surface area contributed by atoms with Crippen LogP contribution in [-0.2, 0) is 9.59 Å². The second-order valence-corrected chi connectivity index (χ2v) is 9.11. The predicted octanol–water partition coefficient (Wildman–Crippen LogP) is 3.51. The fraction of sp³-hybridized carbons (Fsp3) is 0.346. The van der Waals surface area contributed by atoms with Crippen LogP contribution >= 0.6 is 0 Å². The highest BCUT2D eigenvalue weighted by Crippen LogP contribution is 2.65. The molecule has 0 N–H and O–H groups in total. The first-order chi connectivity index (χ1) is 15.6. The van der Waals surface area contributed by atoms with Gasteiger partial charge in [-0.15, -0.1) is 0 Å². The van der Waals surface area contributed by atoms with E-state index < -0.39 is 0 Å². The Bertz CT molecular complexity index is 1130. The first-order valence-electron chi connectivity index (χ1n) is 11.0. The standard InChI is InChI=1S/C26H23NO5/c1-31-16-6-2-4-14(10-16)22(28)13-32-17-7-3-5-15(11-17)27-25(29)23-18-8-9-19(21-12-20(18)21)24(23)26(27)30/h2-11,18-21,23-24H,12-13H2,1H3/t18-,19-,20-,21-,23-,24-/m1/s1. The van der Waals surface area contributed by atoms with Crippen molar-refractivity contribution in [2.75, 3.05) is 18.6 Å². The summed E-state index contributed by atoms with van der Waals surface area (Å²) in [6.45, 7) is -0.152. The van der Waals surface area contributed by atoms with Gasteiger partial charge >= 0.3 is 0 Å². The summed E-state index contributed by atoms with van der Waals surface area (Å²) >= 11 is 0. The summed E-state index contributed by atoms with van der Waals surface area (Å²) < 4.78 is 10.9. The average molecular weight is 429 g/mol. The van der Waals surface area contributed by atoms with E-state index in [1.807, 2.05) is 0 Å². The summed E-state index contributed by atoms with van der Waals surface area (Å²) in [6.07, 6.45) is 5.47. The van der Waals surface area contributed by atoms with Crippen LogP contribution in [0.1, 0.15) is 16.8 Å². The van der Waals surface area contributed by atoms with Crippen LogP contribution in [0.4, 0.5) is 5.69 Å². The molecule has 6 atom stereocenters. The van der Waals surface area contributed by atoms with Gasteiger partial charge in [-0.25, -0.2) is 4.90 Å². The smallest absolute Gasteiger partial charge is 0.238 e. The molecule has 6 nitrogen and oxygen atoms in total. The van der Waals surface area contributed by atoms with Crippen LogP contribution in [0.5, 0.6) is 11.5 Å². The second kappa shape index (κ2) is 7.05. The number of ketones is 1.